The van der Waals surface area contributed by atoms with Crippen molar-refractivity contribution < 1.29 is 13.3 Å². The molecule has 0 unspecified atom stereocenters. The lowest BCUT2D eigenvalue weighted by molar-refractivity contribution is 0.154. The van der Waals surface area contributed by atoms with Crippen molar-refractivity contribution in [1.82, 2.24) is 10.1 Å². The summed E-state index contributed by atoms with van der Waals surface area (Å²) in [6.45, 7) is 0.751. The molecule has 1 N–H and O–H groups in total. The number of nitrogens with one attached hydrogen (secondary N) is 1. The molecular formula is C15H16F2N2O2. The van der Waals surface area contributed by atoms with Crippen molar-refractivity contribution in [2.24, 2.45) is 0 Å². The van der Waals surface area contributed by atoms with Crippen LogP contribution in [0.1, 0.15) is 36.1 Å². The molecule has 0 saturated carbocycles. The topological polar surface area (TPSA) is 49.2 Å². The monoisotopic (exact) mass is 294 g/mol. The summed E-state index contributed by atoms with van der Waals surface area (Å²) < 4.78 is 32.2. The number of H-pyrrole nitrogens is 1. The number of rotatable bonds is 2. The predicted octanol–water partition coefficient (Wildman–Crippen LogP) is 2.80. The number of likely N-dealkylation sites (tertiary alicyclic amines) is 1. The fourth-order valence-corrected chi connectivity index (χ4v) is 2.98. The van der Waals surface area contributed by atoms with Crippen LogP contribution in [0, 0.1) is 11.6 Å². The van der Waals surface area contributed by atoms with Gasteiger partial charge in [-0.05, 0) is 32.5 Å². The van der Waals surface area contributed by atoms with Gasteiger partial charge in [-0.2, -0.15) is 5.16 Å². The van der Waals surface area contributed by atoms with Crippen molar-refractivity contribution in [2.45, 2.75) is 24.8 Å². The van der Waals surface area contributed by atoms with Crippen LogP contribution in [0.15, 0.2) is 33.6 Å². The molecule has 0 amide bonds. The van der Waals surface area contributed by atoms with Crippen LogP contribution in [-0.2, 0) is 0 Å². The highest BCUT2D eigenvalue weighted by molar-refractivity contribution is 5.24. The SMILES string of the molecule is CN1CC[C@H](c2cc(=O)[nH]o2)C[C@@H]1c1ccc(F)cc1F. The minimum Gasteiger partial charge on any atom is -0.383 e. The summed E-state index contributed by atoms with van der Waals surface area (Å²) in [7, 11) is 1.91. The van der Waals surface area contributed by atoms with Gasteiger partial charge in [0.25, 0.3) is 5.56 Å². The van der Waals surface area contributed by atoms with E-state index in [2.05, 4.69) is 5.16 Å². The molecule has 1 saturated heterocycles. The summed E-state index contributed by atoms with van der Waals surface area (Å²) in [5.74, 6) is -0.471. The second-order valence-corrected chi connectivity index (χ2v) is 5.50. The first-order valence-electron chi connectivity index (χ1n) is 6.88. The average molecular weight is 294 g/mol. The van der Waals surface area contributed by atoms with E-state index < -0.39 is 11.6 Å². The van der Waals surface area contributed by atoms with E-state index in [4.69, 9.17) is 4.52 Å². The number of halogens is 2. The molecule has 1 aromatic heterocycles. The van der Waals surface area contributed by atoms with Gasteiger partial charge in [0, 0.05) is 29.7 Å². The molecule has 0 bridgehead atoms. The fourth-order valence-electron chi connectivity index (χ4n) is 2.98. The Morgan fingerprint density at radius 3 is 2.81 bits per heavy atom. The summed E-state index contributed by atoms with van der Waals surface area (Å²) in [6, 6.07) is 4.94. The Morgan fingerprint density at radius 2 is 2.14 bits per heavy atom. The van der Waals surface area contributed by atoms with E-state index in [1.54, 1.807) is 0 Å². The van der Waals surface area contributed by atoms with Crippen molar-refractivity contribution in [3.05, 3.63) is 57.6 Å². The van der Waals surface area contributed by atoms with Gasteiger partial charge in [-0.1, -0.05) is 6.07 Å². The second-order valence-electron chi connectivity index (χ2n) is 5.50. The zero-order chi connectivity index (χ0) is 15.0. The highest BCUT2D eigenvalue weighted by atomic mass is 19.1. The average Bonchev–Trinajstić information content (AvgIpc) is 2.87. The van der Waals surface area contributed by atoms with E-state index in [1.807, 2.05) is 11.9 Å². The third-order valence-corrected chi connectivity index (χ3v) is 4.14. The largest absolute Gasteiger partial charge is 0.383 e. The van der Waals surface area contributed by atoms with Gasteiger partial charge < -0.3 is 4.52 Å². The third-order valence-electron chi connectivity index (χ3n) is 4.14. The maximum absolute atomic E-state index is 14.0. The standard InChI is InChI=1S/C15H16F2N2O2/c1-19-5-4-9(14-8-15(20)18-21-14)6-13(19)11-3-2-10(16)7-12(11)17/h2-3,7-9,13H,4-6H2,1H3,(H,18,20)/t9-,13+/m0/s1. The van der Waals surface area contributed by atoms with Crippen molar-refractivity contribution in [3.63, 3.8) is 0 Å². The molecule has 1 fully saturated rings. The normalized spacial score (nSPS) is 23.4. The van der Waals surface area contributed by atoms with Crippen LogP contribution in [0.25, 0.3) is 0 Å². The summed E-state index contributed by atoms with van der Waals surface area (Å²) in [5.41, 5.74) is 0.204. The Labute approximate surface area is 120 Å². The van der Waals surface area contributed by atoms with Gasteiger partial charge >= 0.3 is 0 Å². The molecule has 6 heteroatoms. The van der Waals surface area contributed by atoms with Gasteiger partial charge in [-0.15, -0.1) is 0 Å². The number of piperidine rings is 1. The number of nitrogens with zero attached hydrogens (tertiary/aromatic N) is 1. The molecule has 112 valence electrons. The zero-order valence-corrected chi connectivity index (χ0v) is 11.6. The van der Waals surface area contributed by atoms with Gasteiger partial charge in [-0.25, -0.2) is 8.78 Å². The molecule has 0 aliphatic carbocycles. The molecule has 21 heavy (non-hydrogen) atoms. The molecule has 0 radical (unpaired) electrons. The second kappa shape index (κ2) is 5.44. The molecule has 3 rings (SSSR count). The lowest BCUT2D eigenvalue weighted by atomic mass is 9.86. The van der Waals surface area contributed by atoms with Gasteiger partial charge in [0.2, 0.25) is 0 Å². The van der Waals surface area contributed by atoms with Crippen molar-refractivity contribution >= 4 is 0 Å². The molecule has 1 aromatic carbocycles. The molecular weight excluding hydrogens is 278 g/mol. The van der Waals surface area contributed by atoms with E-state index in [-0.39, 0.29) is 17.5 Å². The highest BCUT2D eigenvalue weighted by Crippen LogP contribution is 2.38. The van der Waals surface area contributed by atoms with Gasteiger partial charge in [0.15, 0.2) is 0 Å². The van der Waals surface area contributed by atoms with Crippen LogP contribution in [0.2, 0.25) is 0 Å². The fraction of sp³-hybridized carbons (Fsp3) is 0.400. The summed E-state index contributed by atoms with van der Waals surface area (Å²) in [5, 5.41) is 2.28. The number of hydrogen-bond acceptors (Lipinski definition) is 3. The molecule has 2 atom stereocenters. The van der Waals surface area contributed by atoms with Crippen LogP contribution < -0.4 is 5.56 Å². The maximum Gasteiger partial charge on any atom is 0.280 e. The van der Waals surface area contributed by atoms with E-state index in [0.29, 0.717) is 17.7 Å². The molecule has 0 spiro atoms. The Hall–Kier alpha value is -1.95. The summed E-state index contributed by atoms with van der Waals surface area (Å²) >= 11 is 0. The number of benzene rings is 1. The van der Waals surface area contributed by atoms with Crippen molar-refractivity contribution in [2.75, 3.05) is 13.6 Å². The summed E-state index contributed by atoms with van der Waals surface area (Å²) in [6.07, 6.45) is 1.45. The van der Waals surface area contributed by atoms with E-state index in [1.165, 1.54) is 18.2 Å². The van der Waals surface area contributed by atoms with Crippen LogP contribution in [0.5, 0.6) is 0 Å². The first-order chi connectivity index (χ1) is 10.0. The quantitative estimate of drug-likeness (QED) is 0.926. The number of aromatic nitrogens is 1. The van der Waals surface area contributed by atoms with Gasteiger partial charge in [0.05, 0.1) is 0 Å². The van der Waals surface area contributed by atoms with Crippen LogP contribution in [0.4, 0.5) is 8.78 Å². The molecule has 2 heterocycles. The van der Waals surface area contributed by atoms with Crippen LogP contribution in [-0.4, -0.2) is 23.6 Å². The molecule has 2 aromatic rings. The lowest BCUT2D eigenvalue weighted by Crippen LogP contribution is -2.33. The maximum atomic E-state index is 14.0. The number of aromatic amines is 1. The van der Waals surface area contributed by atoms with E-state index >= 15 is 0 Å². The number of hydrogen-bond donors (Lipinski definition) is 1. The van der Waals surface area contributed by atoms with Crippen LogP contribution in [0.3, 0.4) is 0 Å². The highest BCUT2D eigenvalue weighted by Gasteiger charge is 2.31. The van der Waals surface area contributed by atoms with E-state index in [0.717, 1.165) is 19.0 Å². The van der Waals surface area contributed by atoms with Crippen molar-refractivity contribution in [3.8, 4) is 0 Å². The van der Waals surface area contributed by atoms with Crippen LogP contribution >= 0.6 is 0 Å². The molecule has 1 aliphatic rings. The summed E-state index contributed by atoms with van der Waals surface area (Å²) in [4.78, 5) is 13.2. The molecule has 1 aliphatic heterocycles. The zero-order valence-electron chi connectivity index (χ0n) is 11.6. The lowest BCUT2D eigenvalue weighted by Gasteiger charge is -2.36. The first kappa shape index (κ1) is 14.0. The van der Waals surface area contributed by atoms with Crippen molar-refractivity contribution in [1.29, 1.82) is 0 Å². The van der Waals surface area contributed by atoms with Gasteiger partial charge in [-0.3, -0.25) is 9.69 Å². The first-order valence-corrected chi connectivity index (χ1v) is 6.88. The minimum absolute atomic E-state index is 0.0506. The van der Waals surface area contributed by atoms with E-state index in [9.17, 15) is 13.6 Å². The Morgan fingerprint density at radius 1 is 1.33 bits per heavy atom. The molecule has 4 nitrogen and oxygen atoms in total. The van der Waals surface area contributed by atoms with Gasteiger partial charge in [0.1, 0.15) is 17.4 Å². The predicted molar refractivity (Wildman–Crippen MR) is 73.0 cm³/mol. The Balaban J connectivity index is 1.88. The third kappa shape index (κ3) is 2.76. The Kier molecular flexibility index (Phi) is 3.63. The smallest absolute Gasteiger partial charge is 0.280 e. The minimum atomic E-state index is -0.581. The Bertz CT molecular complexity index is 695.